The average molecular weight is 434 g/mol. The Morgan fingerprint density at radius 3 is 2.50 bits per heavy atom. The van der Waals surface area contributed by atoms with Gasteiger partial charge in [-0.05, 0) is 54.2 Å². The molecule has 2 aromatic carbocycles. The molecule has 0 spiro atoms. The van der Waals surface area contributed by atoms with E-state index in [1.807, 2.05) is 0 Å². The normalized spacial score (nSPS) is 21.3. The highest BCUT2D eigenvalue weighted by atomic mass is 16.5. The van der Waals surface area contributed by atoms with Gasteiger partial charge in [0.25, 0.3) is 0 Å². The van der Waals surface area contributed by atoms with Crippen LogP contribution in [0.2, 0.25) is 0 Å². The third-order valence-corrected chi connectivity index (χ3v) is 6.94. The highest BCUT2D eigenvalue weighted by Gasteiger charge is 2.35. The molecule has 32 heavy (non-hydrogen) atoms. The molecule has 168 valence electrons. The Kier molecular flexibility index (Phi) is 5.83. The highest BCUT2D eigenvalue weighted by molar-refractivity contribution is 5.54. The van der Waals surface area contributed by atoms with Crippen molar-refractivity contribution < 1.29 is 18.9 Å². The maximum absolute atomic E-state index is 6.41. The molecule has 2 aromatic rings. The molecule has 2 atom stereocenters. The number of methoxy groups -OCH3 is 3. The van der Waals surface area contributed by atoms with Crippen molar-refractivity contribution in [3.8, 4) is 23.0 Å². The predicted octanol–water partition coefficient (Wildman–Crippen LogP) is 4.88. The predicted molar refractivity (Wildman–Crippen MR) is 125 cm³/mol. The zero-order valence-corrected chi connectivity index (χ0v) is 19.1. The monoisotopic (exact) mass is 433 g/mol. The van der Waals surface area contributed by atoms with Crippen molar-refractivity contribution in [2.75, 3.05) is 34.5 Å². The van der Waals surface area contributed by atoms with Crippen LogP contribution in [0.25, 0.3) is 0 Å². The van der Waals surface area contributed by atoms with E-state index in [9.17, 15) is 0 Å². The molecule has 5 rings (SSSR count). The van der Waals surface area contributed by atoms with Crippen LogP contribution in [0.5, 0.6) is 23.0 Å². The van der Waals surface area contributed by atoms with Crippen molar-refractivity contribution >= 4 is 0 Å². The Labute approximate surface area is 190 Å². The van der Waals surface area contributed by atoms with Crippen molar-refractivity contribution in [3.63, 3.8) is 0 Å². The minimum absolute atomic E-state index is 0.332. The second-order valence-electron chi connectivity index (χ2n) is 8.70. The van der Waals surface area contributed by atoms with E-state index in [1.165, 1.54) is 22.3 Å². The summed E-state index contributed by atoms with van der Waals surface area (Å²) in [7, 11) is 5.12. The minimum atomic E-state index is 0.332. The van der Waals surface area contributed by atoms with Crippen LogP contribution < -0.4 is 18.9 Å². The van der Waals surface area contributed by atoms with Crippen LogP contribution in [-0.4, -0.2) is 39.4 Å². The van der Waals surface area contributed by atoms with Gasteiger partial charge < -0.3 is 18.9 Å². The van der Waals surface area contributed by atoms with E-state index in [1.54, 1.807) is 21.3 Å². The number of fused-ring (bicyclic) bond motifs is 4. The summed E-state index contributed by atoms with van der Waals surface area (Å²) in [5, 5.41) is 0. The summed E-state index contributed by atoms with van der Waals surface area (Å²) in [6.07, 6.45) is 11.6. The SMILES string of the molecule is COc1cc2c(cc1OC)C1Cc3ccc(OC)c(OCC4C=CC=CC4)c3CN1CC2. The Hall–Kier alpha value is -2.92. The molecule has 0 amide bonds. The van der Waals surface area contributed by atoms with E-state index in [0.717, 1.165) is 55.4 Å². The number of hydrogen-bond acceptors (Lipinski definition) is 5. The number of ether oxygens (including phenoxy) is 4. The van der Waals surface area contributed by atoms with Gasteiger partial charge in [-0.15, -0.1) is 0 Å². The fourth-order valence-corrected chi connectivity index (χ4v) is 5.20. The van der Waals surface area contributed by atoms with Gasteiger partial charge in [0.2, 0.25) is 0 Å². The Bertz CT molecular complexity index is 1060. The van der Waals surface area contributed by atoms with Crippen LogP contribution in [0, 0.1) is 5.92 Å². The molecule has 0 saturated carbocycles. The van der Waals surface area contributed by atoms with Crippen LogP contribution in [0.3, 0.4) is 0 Å². The number of allylic oxidation sites excluding steroid dienone is 3. The summed E-state index contributed by atoms with van der Waals surface area (Å²) in [6.45, 7) is 2.54. The summed E-state index contributed by atoms with van der Waals surface area (Å²) >= 11 is 0. The maximum Gasteiger partial charge on any atom is 0.165 e. The standard InChI is InChI=1S/C27H31NO4/c1-29-24-10-9-19-13-23-21-15-26(31-3)25(30-2)14-20(21)11-12-28(23)16-22(19)27(24)32-17-18-7-5-4-6-8-18/h4-7,9-10,14-15,18,23H,8,11-13,16-17H2,1-3H3. The number of rotatable bonds is 6. The third kappa shape index (κ3) is 3.75. The Morgan fingerprint density at radius 2 is 1.75 bits per heavy atom. The topological polar surface area (TPSA) is 40.2 Å². The van der Waals surface area contributed by atoms with E-state index in [2.05, 4.69) is 53.5 Å². The van der Waals surface area contributed by atoms with Crippen LogP contribution in [0.4, 0.5) is 0 Å². The first kappa shape index (κ1) is 21.0. The molecule has 5 nitrogen and oxygen atoms in total. The average Bonchev–Trinajstić information content (AvgIpc) is 2.85. The molecule has 0 saturated heterocycles. The molecule has 0 fully saturated rings. The van der Waals surface area contributed by atoms with Crippen molar-refractivity contribution in [2.24, 2.45) is 5.92 Å². The van der Waals surface area contributed by atoms with Crippen LogP contribution in [0.1, 0.15) is 34.7 Å². The number of benzene rings is 2. The van der Waals surface area contributed by atoms with Crippen LogP contribution in [0.15, 0.2) is 48.6 Å². The fraction of sp³-hybridized carbons (Fsp3) is 0.407. The van der Waals surface area contributed by atoms with Gasteiger partial charge in [-0.3, -0.25) is 4.90 Å². The van der Waals surface area contributed by atoms with Crippen LogP contribution in [-0.2, 0) is 19.4 Å². The first-order chi connectivity index (χ1) is 15.7. The molecule has 5 heteroatoms. The van der Waals surface area contributed by atoms with Crippen molar-refractivity contribution in [3.05, 3.63) is 70.8 Å². The molecule has 3 aliphatic rings. The number of nitrogens with zero attached hydrogens (tertiary/aromatic N) is 1. The zero-order valence-electron chi connectivity index (χ0n) is 19.1. The zero-order chi connectivity index (χ0) is 22.1. The summed E-state index contributed by atoms with van der Waals surface area (Å²) in [5.74, 6) is 3.74. The molecule has 2 aliphatic heterocycles. The lowest BCUT2D eigenvalue weighted by Gasteiger charge is -2.42. The molecule has 1 aliphatic carbocycles. The van der Waals surface area contributed by atoms with Gasteiger partial charge in [0, 0.05) is 30.6 Å². The van der Waals surface area contributed by atoms with Gasteiger partial charge >= 0.3 is 0 Å². The van der Waals surface area contributed by atoms with Crippen LogP contribution >= 0.6 is 0 Å². The molecule has 2 unspecified atom stereocenters. The quantitative estimate of drug-likeness (QED) is 0.649. The largest absolute Gasteiger partial charge is 0.493 e. The second-order valence-corrected chi connectivity index (χ2v) is 8.70. The van der Waals surface area contributed by atoms with Gasteiger partial charge in [-0.25, -0.2) is 0 Å². The molecule has 0 aromatic heterocycles. The smallest absolute Gasteiger partial charge is 0.165 e. The molecule has 2 heterocycles. The molecular formula is C27H31NO4. The van der Waals surface area contributed by atoms with E-state index in [-0.39, 0.29) is 0 Å². The summed E-state index contributed by atoms with van der Waals surface area (Å²) in [6, 6.07) is 8.91. The lowest BCUT2D eigenvalue weighted by atomic mass is 9.83. The molecule has 0 bridgehead atoms. The summed E-state index contributed by atoms with van der Waals surface area (Å²) in [5.41, 5.74) is 5.30. The highest BCUT2D eigenvalue weighted by Crippen LogP contribution is 2.46. The maximum atomic E-state index is 6.41. The van der Waals surface area contributed by atoms with Crippen molar-refractivity contribution in [1.29, 1.82) is 0 Å². The van der Waals surface area contributed by atoms with Crippen molar-refractivity contribution in [2.45, 2.75) is 31.8 Å². The Balaban J connectivity index is 1.45. The lowest BCUT2D eigenvalue weighted by molar-refractivity contribution is 0.154. The van der Waals surface area contributed by atoms with Crippen molar-refractivity contribution in [1.82, 2.24) is 4.90 Å². The summed E-state index contributed by atoms with van der Waals surface area (Å²) < 4.78 is 23.2. The van der Waals surface area contributed by atoms with E-state index in [4.69, 9.17) is 18.9 Å². The molecular weight excluding hydrogens is 402 g/mol. The van der Waals surface area contributed by atoms with Gasteiger partial charge in [-0.2, -0.15) is 0 Å². The van der Waals surface area contributed by atoms with E-state index < -0.39 is 0 Å². The summed E-state index contributed by atoms with van der Waals surface area (Å²) in [4.78, 5) is 2.56. The first-order valence-electron chi connectivity index (χ1n) is 11.4. The Morgan fingerprint density at radius 1 is 0.938 bits per heavy atom. The van der Waals surface area contributed by atoms with Gasteiger partial charge in [0.1, 0.15) is 0 Å². The third-order valence-electron chi connectivity index (χ3n) is 6.94. The molecule has 0 N–H and O–H groups in total. The van der Waals surface area contributed by atoms with E-state index in [0.29, 0.717) is 18.6 Å². The molecule has 0 radical (unpaired) electrons. The minimum Gasteiger partial charge on any atom is -0.493 e. The van der Waals surface area contributed by atoms with E-state index >= 15 is 0 Å². The fourth-order valence-electron chi connectivity index (χ4n) is 5.20. The lowest BCUT2D eigenvalue weighted by Crippen LogP contribution is -2.39. The van der Waals surface area contributed by atoms with Gasteiger partial charge in [-0.1, -0.05) is 30.4 Å². The number of hydrogen-bond donors (Lipinski definition) is 0. The van der Waals surface area contributed by atoms with Gasteiger partial charge in [0.15, 0.2) is 23.0 Å². The first-order valence-corrected chi connectivity index (χ1v) is 11.4. The van der Waals surface area contributed by atoms with Gasteiger partial charge in [0.05, 0.1) is 27.9 Å². The second kappa shape index (κ2) is 8.91.